The average Bonchev–Trinajstić information content (AvgIpc) is 2.54. The van der Waals surface area contributed by atoms with Gasteiger partial charge in [-0.3, -0.25) is 9.59 Å². The highest BCUT2D eigenvalue weighted by Crippen LogP contribution is 2.17. The Morgan fingerprint density at radius 2 is 1.74 bits per heavy atom. The fourth-order valence-corrected chi connectivity index (χ4v) is 2.87. The zero-order valence-corrected chi connectivity index (χ0v) is 13.2. The summed E-state index contributed by atoms with van der Waals surface area (Å²) in [6.45, 7) is 0. The van der Waals surface area contributed by atoms with Crippen molar-refractivity contribution in [3.63, 3.8) is 0 Å². The van der Waals surface area contributed by atoms with Gasteiger partial charge in [-0.05, 0) is 36.2 Å². The summed E-state index contributed by atoms with van der Waals surface area (Å²) in [7, 11) is 0. The van der Waals surface area contributed by atoms with Crippen LogP contribution in [0.5, 0.6) is 0 Å². The number of nitrogens with two attached hydrogens (primary N) is 1. The normalized spacial score (nSPS) is 11.7. The van der Waals surface area contributed by atoms with Crippen LogP contribution in [0.15, 0.2) is 54.6 Å². The monoisotopic (exact) mass is 332 g/mol. The first-order chi connectivity index (χ1) is 11.0. The molecule has 1 atom stereocenters. The molecule has 6 heteroatoms. The topological polar surface area (TPSA) is 72.2 Å². The zero-order valence-electron chi connectivity index (χ0n) is 12.4. The summed E-state index contributed by atoms with van der Waals surface area (Å²) in [4.78, 5) is 23.4. The molecule has 0 aliphatic carbocycles. The third-order valence-corrected chi connectivity index (χ3v) is 4.36. The molecule has 1 unspecified atom stereocenters. The summed E-state index contributed by atoms with van der Waals surface area (Å²) in [6, 6.07) is 15.0. The van der Waals surface area contributed by atoms with Gasteiger partial charge in [-0.25, -0.2) is 4.39 Å². The molecule has 0 saturated carbocycles. The Hall–Kier alpha value is -2.34. The fourth-order valence-electron chi connectivity index (χ4n) is 1.97. The molecular formula is C17H17FN2O2S. The lowest BCUT2D eigenvalue weighted by atomic mass is 10.1. The zero-order chi connectivity index (χ0) is 16.7. The second-order valence-electron chi connectivity index (χ2n) is 4.95. The van der Waals surface area contributed by atoms with Gasteiger partial charge in [0.25, 0.3) is 0 Å². The molecule has 0 radical (unpaired) electrons. The highest BCUT2D eigenvalue weighted by molar-refractivity contribution is 8.01. The molecule has 2 aromatic carbocycles. The number of hydrogen-bond donors (Lipinski definition) is 2. The SMILES string of the molecule is NC(=O)C(Cc1ccc(F)cc1)SCC(=O)Nc1ccccc1. The maximum Gasteiger partial charge on any atom is 0.234 e. The van der Waals surface area contributed by atoms with E-state index in [-0.39, 0.29) is 17.5 Å². The van der Waals surface area contributed by atoms with Crippen LogP contribution in [0.2, 0.25) is 0 Å². The first kappa shape index (κ1) is 17.0. The predicted octanol–water partition coefficient (Wildman–Crippen LogP) is 2.59. The third-order valence-electron chi connectivity index (χ3n) is 3.12. The second kappa shape index (κ2) is 8.33. The predicted molar refractivity (Wildman–Crippen MR) is 90.6 cm³/mol. The van der Waals surface area contributed by atoms with E-state index in [9.17, 15) is 14.0 Å². The molecule has 2 rings (SSSR count). The second-order valence-corrected chi connectivity index (χ2v) is 6.14. The number of rotatable bonds is 7. The van der Waals surface area contributed by atoms with E-state index in [2.05, 4.69) is 5.32 Å². The summed E-state index contributed by atoms with van der Waals surface area (Å²) in [6.07, 6.45) is 0.360. The number of thioether (sulfide) groups is 1. The minimum atomic E-state index is -0.540. The van der Waals surface area contributed by atoms with Crippen molar-refractivity contribution in [3.8, 4) is 0 Å². The molecule has 4 nitrogen and oxygen atoms in total. The van der Waals surface area contributed by atoms with Crippen LogP contribution in [0.1, 0.15) is 5.56 Å². The minimum absolute atomic E-state index is 0.115. The van der Waals surface area contributed by atoms with Crippen LogP contribution in [-0.4, -0.2) is 22.8 Å². The van der Waals surface area contributed by atoms with E-state index in [0.29, 0.717) is 12.1 Å². The van der Waals surface area contributed by atoms with E-state index in [1.165, 1.54) is 23.9 Å². The lowest BCUT2D eigenvalue weighted by Crippen LogP contribution is -2.29. The van der Waals surface area contributed by atoms with Crippen LogP contribution in [0.3, 0.4) is 0 Å². The van der Waals surface area contributed by atoms with Crippen LogP contribution >= 0.6 is 11.8 Å². The van der Waals surface area contributed by atoms with Gasteiger partial charge in [0.05, 0.1) is 11.0 Å². The summed E-state index contributed by atoms with van der Waals surface area (Å²) in [5.74, 6) is -0.915. The smallest absolute Gasteiger partial charge is 0.234 e. The van der Waals surface area contributed by atoms with Crippen molar-refractivity contribution in [3.05, 3.63) is 66.0 Å². The maximum atomic E-state index is 12.9. The summed E-state index contributed by atoms with van der Waals surface area (Å²) < 4.78 is 12.9. The molecule has 120 valence electrons. The number of primary amides is 1. The molecule has 0 fully saturated rings. The first-order valence-corrected chi connectivity index (χ1v) is 8.10. The number of amides is 2. The van der Waals surface area contributed by atoms with Gasteiger partial charge in [-0.2, -0.15) is 0 Å². The lowest BCUT2D eigenvalue weighted by Gasteiger charge is -2.13. The van der Waals surface area contributed by atoms with E-state index in [1.54, 1.807) is 24.3 Å². The summed E-state index contributed by atoms with van der Waals surface area (Å²) in [5.41, 5.74) is 6.89. The van der Waals surface area contributed by atoms with E-state index < -0.39 is 11.2 Å². The molecule has 0 spiro atoms. The van der Waals surface area contributed by atoms with Crippen molar-refractivity contribution in [2.24, 2.45) is 5.73 Å². The summed E-state index contributed by atoms with van der Waals surface area (Å²) in [5, 5.41) is 2.21. The lowest BCUT2D eigenvalue weighted by molar-refractivity contribution is -0.117. The molecule has 23 heavy (non-hydrogen) atoms. The molecule has 2 amide bonds. The molecule has 0 aliphatic rings. The van der Waals surface area contributed by atoms with Gasteiger partial charge < -0.3 is 11.1 Å². The van der Waals surface area contributed by atoms with Crippen molar-refractivity contribution in [1.29, 1.82) is 0 Å². The standard InChI is InChI=1S/C17H17FN2O2S/c18-13-8-6-12(7-9-13)10-15(17(19)22)23-11-16(21)20-14-4-2-1-3-5-14/h1-9,15H,10-11H2,(H2,19,22)(H,20,21). The highest BCUT2D eigenvalue weighted by atomic mass is 32.2. The van der Waals surface area contributed by atoms with Gasteiger partial charge in [0.2, 0.25) is 11.8 Å². The van der Waals surface area contributed by atoms with Crippen molar-refractivity contribution in [2.75, 3.05) is 11.1 Å². The molecule has 0 heterocycles. The van der Waals surface area contributed by atoms with Gasteiger partial charge in [0.1, 0.15) is 5.82 Å². The molecule has 0 aromatic heterocycles. The number of halogens is 1. The number of nitrogens with one attached hydrogen (secondary N) is 1. The third kappa shape index (κ3) is 5.75. The molecular weight excluding hydrogens is 315 g/mol. The van der Waals surface area contributed by atoms with Crippen molar-refractivity contribution in [1.82, 2.24) is 0 Å². The van der Waals surface area contributed by atoms with Crippen molar-refractivity contribution in [2.45, 2.75) is 11.7 Å². The summed E-state index contributed by atoms with van der Waals surface area (Å²) >= 11 is 1.18. The number of hydrogen-bond acceptors (Lipinski definition) is 3. The van der Waals surface area contributed by atoms with E-state index >= 15 is 0 Å². The van der Waals surface area contributed by atoms with Gasteiger partial charge in [-0.15, -0.1) is 11.8 Å². The number of para-hydroxylation sites is 1. The van der Waals surface area contributed by atoms with Gasteiger partial charge in [0, 0.05) is 5.69 Å². The first-order valence-electron chi connectivity index (χ1n) is 7.05. The van der Waals surface area contributed by atoms with Gasteiger partial charge in [0.15, 0.2) is 0 Å². The highest BCUT2D eigenvalue weighted by Gasteiger charge is 2.18. The number of carbonyl (C=O) groups excluding carboxylic acids is 2. The van der Waals surface area contributed by atoms with E-state index in [0.717, 1.165) is 5.56 Å². The Kier molecular flexibility index (Phi) is 6.17. The largest absolute Gasteiger partial charge is 0.369 e. The molecule has 0 aliphatic heterocycles. The number of carbonyl (C=O) groups is 2. The van der Waals surface area contributed by atoms with E-state index in [4.69, 9.17) is 5.73 Å². The number of anilines is 1. The Morgan fingerprint density at radius 3 is 2.35 bits per heavy atom. The van der Waals surface area contributed by atoms with Crippen molar-refractivity contribution < 1.29 is 14.0 Å². The maximum absolute atomic E-state index is 12.9. The van der Waals surface area contributed by atoms with Crippen LogP contribution in [-0.2, 0) is 16.0 Å². The molecule has 0 saturated heterocycles. The van der Waals surface area contributed by atoms with Crippen LogP contribution in [0.25, 0.3) is 0 Å². The van der Waals surface area contributed by atoms with E-state index in [1.807, 2.05) is 18.2 Å². The fraction of sp³-hybridized carbons (Fsp3) is 0.176. The average molecular weight is 332 g/mol. The quantitative estimate of drug-likeness (QED) is 0.818. The molecule has 3 N–H and O–H groups in total. The van der Waals surface area contributed by atoms with Crippen LogP contribution in [0, 0.1) is 5.82 Å². The van der Waals surface area contributed by atoms with Crippen LogP contribution in [0.4, 0.5) is 10.1 Å². The van der Waals surface area contributed by atoms with Crippen LogP contribution < -0.4 is 11.1 Å². The molecule has 2 aromatic rings. The van der Waals surface area contributed by atoms with Gasteiger partial charge in [-0.1, -0.05) is 30.3 Å². The van der Waals surface area contributed by atoms with Crippen molar-refractivity contribution >= 4 is 29.3 Å². The Balaban J connectivity index is 1.88. The van der Waals surface area contributed by atoms with Gasteiger partial charge >= 0.3 is 0 Å². The Morgan fingerprint density at radius 1 is 1.09 bits per heavy atom. The Bertz CT molecular complexity index is 662. The Labute approximate surface area is 138 Å². The molecule has 0 bridgehead atoms. The minimum Gasteiger partial charge on any atom is -0.369 e. The number of benzene rings is 2.